The van der Waals surface area contributed by atoms with E-state index in [0.29, 0.717) is 12.8 Å². The van der Waals surface area contributed by atoms with Crippen molar-refractivity contribution in [3.8, 4) is 0 Å². The molecule has 0 aromatic carbocycles. The highest BCUT2D eigenvalue weighted by atomic mass is 16.4. The van der Waals surface area contributed by atoms with Crippen LogP contribution < -0.4 is 10.6 Å². The van der Waals surface area contributed by atoms with Crippen LogP contribution in [0.15, 0.2) is 0 Å². The van der Waals surface area contributed by atoms with Crippen LogP contribution in [0.2, 0.25) is 0 Å². The number of hydrogen-bond acceptors (Lipinski definition) is 3. The van der Waals surface area contributed by atoms with Gasteiger partial charge in [0.2, 0.25) is 5.91 Å². The zero-order chi connectivity index (χ0) is 15.7. The van der Waals surface area contributed by atoms with Crippen LogP contribution in [0.3, 0.4) is 0 Å². The summed E-state index contributed by atoms with van der Waals surface area (Å²) in [5, 5.41) is 13.7. The molecule has 0 aromatic rings. The first-order chi connectivity index (χ1) is 9.33. The van der Waals surface area contributed by atoms with Gasteiger partial charge in [-0.15, -0.1) is 0 Å². The first-order valence-electron chi connectivity index (χ1n) is 7.06. The average Bonchev–Trinajstić information content (AvgIpc) is 2.40. The van der Waals surface area contributed by atoms with Gasteiger partial charge in [-0.25, -0.2) is 4.79 Å². The third-order valence-corrected chi connectivity index (χ3v) is 3.65. The molecule has 2 amide bonds. The van der Waals surface area contributed by atoms with Gasteiger partial charge in [0, 0.05) is 12.5 Å². The number of carbonyl (C=O) groups is 3. The Morgan fingerprint density at radius 2 is 1.75 bits per heavy atom. The molecular weight excluding hydrogens is 260 g/mol. The van der Waals surface area contributed by atoms with E-state index in [9.17, 15) is 14.4 Å². The van der Waals surface area contributed by atoms with Crippen molar-refractivity contribution in [1.82, 2.24) is 10.6 Å². The minimum Gasteiger partial charge on any atom is -0.465 e. The van der Waals surface area contributed by atoms with E-state index in [4.69, 9.17) is 5.11 Å². The Bertz CT molecular complexity index is 333. The van der Waals surface area contributed by atoms with Crippen LogP contribution in [0.5, 0.6) is 0 Å². The van der Waals surface area contributed by atoms with E-state index in [1.807, 2.05) is 20.8 Å². The minimum absolute atomic E-state index is 0.0644. The molecule has 0 fully saturated rings. The lowest BCUT2D eigenvalue weighted by atomic mass is 9.86. The molecule has 0 bridgehead atoms. The van der Waals surface area contributed by atoms with Gasteiger partial charge in [-0.3, -0.25) is 4.79 Å². The third-order valence-electron chi connectivity index (χ3n) is 3.65. The number of hydrogen-bond donors (Lipinski definition) is 3. The second-order valence-electron chi connectivity index (χ2n) is 5.31. The number of amides is 2. The molecule has 4 atom stereocenters. The van der Waals surface area contributed by atoms with Crippen LogP contribution in [0.25, 0.3) is 0 Å². The highest BCUT2D eigenvalue weighted by Gasteiger charge is 2.26. The summed E-state index contributed by atoms with van der Waals surface area (Å²) in [4.78, 5) is 33.0. The Kier molecular flexibility index (Phi) is 8.59. The fourth-order valence-electron chi connectivity index (χ4n) is 2.15. The number of carboxylic acid groups (broad SMARTS) is 1. The van der Waals surface area contributed by atoms with Gasteiger partial charge < -0.3 is 20.5 Å². The van der Waals surface area contributed by atoms with E-state index >= 15 is 0 Å². The van der Waals surface area contributed by atoms with Crippen molar-refractivity contribution in [3.63, 3.8) is 0 Å². The molecule has 0 saturated carbocycles. The summed E-state index contributed by atoms with van der Waals surface area (Å²) >= 11 is 0. The zero-order valence-electron chi connectivity index (χ0n) is 12.7. The van der Waals surface area contributed by atoms with Gasteiger partial charge in [0.05, 0.1) is 0 Å². The molecule has 0 aliphatic heterocycles. The van der Waals surface area contributed by atoms with Gasteiger partial charge in [0.1, 0.15) is 12.3 Å². The number of carbonyl (C=O) groups excluding carboxylic acids is 2. The largest absolute Gasteiger partial charge is 0.465 e. The minimum atomic E-state index is -1.22. The Hall–Kier alpha value is -1.59. The van der Waals surface area contributed by atoms with Crippen molar-refractivity contribution < 1.29 is 19.5 Å². The van der Waals surface area contributed by atoms with E-state index in [-0.39, 0.29) is 23.8 Å². The SMILES string of the molecule is CC[C@H](C)[C@@H](NC(=O)[C@@H](C)NC(=O)O)[C@@H](C)CCC=O. The molecule has 0 heterocycles. The Morgan fingerprint density at radius 1 is 1.15 bits per heavy atom. The lowest BCUT2D eigenvalue weighted by Gasteiger charge is -2.31. The predicted molar refractivity (Wildman–Crippen MR) is 76.5 cm³/mol. The monoisotopic (exact) mass is 286 g/mol. The molecular formula is C14H26N2O4. The lowest BCUT2D eigenvalue weighted by Crippen LogP contribution is -2.51. The summed E-state index contributed by atoms with van der Waals surface area (Å²) in [6.45, 7) is 7.58. The molecule has 0 aromatic heterocycles. The summed E-state index contributed by atoms with van der Waals surface area (Å²) in [5.74, 6) is 0.0874. The molecule has 0 spiro atoms. The first kappa shape index (κ1) is 18.4. The van der Waals surface area contributed by atoms with E-state index in [1.54, 1.807) is 0 Å². The van der Waals surface area contributed by atoms with Crippen LogP contribution in [-0.4, -0.2) is 35.5 Å². The van der Waals surface area contributed by atoms with Crippen LogP contribution in [-0.2, 0) is 9.59 Å². The van der Waals surface area contributed by atoms with Crippen LogP contribution in [0, 0.1) is 11.8 Å². The number of nitrogens with one attached hydrogen (secondary N) is 2. The summed E-state index contributed by atoms with van der Waals surface area (Å²) in [5.41, 5.74) is 0. The highest BCUT2D eigenvalue weighted by molar-refractivity contribution is 5.85. The Morgan fingerprint density at radius 3 is 2.20 bits per heavy atom. The first-order valence-corrected chi connectivity index (χ1v) is 7.06. The van der Waals surface area contributed by atoms with Gasteiger partial charge in [-0.05, 0) is 25.2 Å². The molecule has 0 saturated heterocycles. The van der Waals surface area contributed by atoms with Crippen molar-refractivity contribution >= 4 is 18.3 Å². The number of aldehydes is 1. The van der Waals surface area contributed by atoms with Gasteiger partial charge in [-0.1, -0.05) is 27.2 Å². The predicted octanol–water partition coefficient (Wildman–Crippen LogP) is 1.79. The molecule has 0 unspecified atom stereocenters. The van der Waals surface area contributed by atoms with Crippen LogP contribution in [0.4, 0.5) is 4.79 Å². The maximum absolute atomic E-state index is 12.0. The van der Waals surface area contributed by atoms with Crippen molar-refractivity contribution in [3.05, 3.63) is 0 Å². The van der Waals surface area contributed by atoms with Crippen molar-refractivity contribution in [2.45, 2.75) is 59.0 Å². The van der Waals surface area contributed by atoms with Crippen LogP contribution in [0.1, 0.15) is 47.0 Å². The quantitative estimate of drug-likeness (QED) is 0.563. The summed E-state index contributed by atoms with van der Waals surface area (Å²) in [6, 6.07) is -0.858. The molecule has 6 heteroatoms. The summed E-state index contributed by atoms with van der Waals surface area (Å²) in [6.07, 6.45) is 1.73. The molecule has 116 valence electrons. The Balaban J connectivity index is 4.67. The standard InChI is InChI=1S/C14H26N2O4/c1-5-9(2)12(10(3)7-6-8-17)16-13(18)11(4)15-14(19)20/h8-12,15H,5-7H2,1-4H3,(H,16,18)(H,19,20)/t9-,10-,11+,12+/m0/s1. The van der Waals surface area contributed by atoms with Crippen molar-refractivity contribution in [2.24, 2.45) is 11.8 Å². The van der Waals surface area contributed by atoms with E-state index in [2.05, 4.69) is 10.6 Å². The maximum atomic E-state index is 12.0. The van der Waals surface area contributed by atoms with Crippen molar-refractivity contribution in [2.75, 3.05) is 0 Å². The molecule has 0 rings (SSSR count). The third kappa shape index (κ3) is 6.54. The second kappa shape index (κ2) is 9.34. The fourth-order valence-corrected chi connectivity index (χ4v) is 2.15. The molecule has 0 aliphatic carbocycles. The summed E-state index contributed by atoms with van der Waals surface area (Å²) < 4.78 is 0. The van der Waals surface area contributed by atoms with Gasteiger partial charge >= 0.3 is 6.09 Å². The topological polar surface area (TPSA) is 95.5 Å². The average molecular weight is 286 g/mol. The molecule has 3 N–H and O–H groups in total. The van der Waals surface area contributed by atoms with E-state index in [1.165, 1.54) is 6.92 Å². The highest BCUT2D eigenvalue weighted by Crippen LogP contribution is 2.20. The number of rotatable bonds is 9. The molecule has 0 radical (unpaired) electrons. The van der Waals surface area contributed by atoms with Gasteiger partial charge in [-0.2, -0.15) is 0 Å². The zero-order valence-corrected chi connectivity index (χ0v) is 12.7. The molecule has 20 heavy (non-hydrogen) atoms. The Labute approximate surface area is 120 Å². The lowest BCUT2D eigenvalue weighted by molar-refractivity contribution is -0.124. The van der Waals surface area contributed by atoms with E-state index in [0.717, 1.165) is 12.7 Å². The fraction of sp³-hybridized carbons (Fsp3) is 0.786. The molecule has 6 nitrogen and oxygen atoms in total. The normalized spacial score (nSPS) is 16.6. The second-order valence-corrected chi connectivity index (χ2v) is 5.31. The van der Waals surface area contributed by atoms with Gasteiger partial charge in [0.15, 0.2) is 0 Å². The van der Waals surface area contributed by atoms with Crippen molar-refractivity contribution in [1.29, 1.82) is 0 Å². The molecule has 0 aliphatic rings. The maximum Gasteiger partial charge on any atom is 0.405 e. The van der Waals surface area contributed by atoms with Crippen LogP contribution >= 0.6 is 0 Å². The van der Waals surface area contributed by atoms with Gasteiger partial charge in [0.25, 0.3) is 0 Å². The van der Waals surface area contributed by atoms with E-state index < -0.39 is 12.1 Å². The summed E-state index contributed by atoms with van der Waals surface area (Å²) in [7, 11) is 0. The smallest absolute Gasteiger partial charge is 0.405 e.